The summed E-state index contributed by atoms with van der Waals surface area (Å²) < 4.78 is 0. The number of fused-ring (bicyclic) bond motifs is 1. The van der Waals surface area contributed by atoms with E-state index >= 15 is 0 Å². The third kappa shape index (κ3) is 4.71. The maximum atomic E-state index is 13.3. The van der Waals surface area contributed by atoms with Crippen LogP contribution in [0.25, 0.3) is 11.0 Å². The number of benzene rings is 1. The lowest BCUT2D eigenvalue weighted by atomic mass is 9.97. The zero-order valence-electron chi connectivity index (χ0n) is 19.4. The SMILES string of the molecule is CC(C)c1ccccc1N[C@@H](C(=O)N[C@@H]1CCCN(c2ncnc3[nH]ccc23)C1)C(C)C. The molecule has 0 spiro atoms. The van der Waals surface area contributed by atoms with Crippen molar-refractivity contribution in [1.29, 1.82) is 0 Å². The van der Waals surface area contributed by atoms with Crippen LogP contribution in [-0.2, 0) is 4.79 Å². The van der Waals surface area contributed by atoms with E-state index in [9.17, 15) is 4.79 Å². The lowest BCUT2D eigenvalue weighted by Crippen LogP contribution is -2.53. The quantitative estimate of drug-likeness (QED) is 0.516. The second-order valence-electron chi connectivity index (χ2n) is 9.34. The number of para-hydroxylation sites is 1. The Morgan fingerprint density at radius 3 is 2.75 bits per heavy atom. The van der Waals surface area contributed by atoms with Crippen molar-refractivity contribution < 1.29 is 4.79 Å². The number of H-pyrrole nitrogens is 1. The molecule has 7 heteroatoms. The highest BCUT2D eigenvalue weighted by atomic mass is 16.2. The van der Waals surface area contributed by atoms with Gasteiger partial charge in [-0.1, -0.05) is 45.9 Å². The summed E-state index contributed by atoms with van der Waals surface area (Å²) >= 11 is 0. The molecule has 0 aliphatic carbocycles. The summed E-state index contributed by atoms with van der Waals surface area (Å²) in [5.41, 5.74) is 3.11. The van der Waals surface area contributed by atoms with Crippen molar-refractivity contribution in [3.8, 4) is 0 Å². The summed E-state index contributed by atoms with van der Waals surface area (Å²) in [6.45, 7) is 10.2. The van der Waals surface area contributed by atoms with Gasteiger partial charge in [-0.15, -0.1) is 0 Å². The van der Waals surface area contributed by atoms with E-state index in [-0.39, 0.29) is 23.9 Å². The zero-order chi connectivity index (χ0) is 22.7. The van der Waals surface area contributed by atoms with Crippen LogP contribution in [0.2, 0.25) is 0 Å². The third-order valence-corrected chi connectivity index (χ3v) is 6.24. The fourth-order valence-corrected chi connectivity index (χ4v) is 4.52. The van der Waals surface area contributed by atoms with Gasteiger partial charge in [0.05, 0.1) is 5.39 Å². The molecule has 1 amide bonds. The van der Waals surface area contributed by atoms with Crippen LogP contribution in [0.4, 0.5) is 11.5 Å². The zero-order valence-corrected chi connectivity index (χ0v) is 19.4. The Kier molecular flexibility index (Phi) is 6.63. The Bertz CT molecular complexity index is 1060. The molecule has 2 aromatic heterocycles. The average Bonchev–Trinajstić information content (AvgIpc) is 3.26. The number of aromatic nitrogens is 3. The highest BCUT2D eigenvalue weighted by molar-refractivity contribution is 5.88. The topological polar surface area (TPSA) is 85.9 Å². The first-order valence-corrected chi connectivity index (χ1v) is 11.6. The molecule has 1 fully saturated rings. The third-order valence-electron chi connectivity index (χ3n) is 6.24. The van der Waals surface area contributed by atoms with Crippen molar-refractivity contribution in [2.75, 3.05) is 23.3 Å². The van der Waals surface area contributed by atoms with Gasteiger partial charge in [-0.25, -0.2) is 9.97 Å². The highest BCUT2D eigenvalue weighted by Crippen LogP contribution is 2.27. The molecule has 0 unspecified atom stereocenters. The van der Waals surface area contributed by atoms with Crippen LogP contribution in [0.1, 0.15) is 52.0 Å². The Morgan fingerprint density at radius 1 is 1.16 bits per heavy atom. The van der Waals surface area contributed by atoms with Gasteiger partial charge < -0.3 is 20.5 Å². The standard InChI is InChI=1S/C25H34N6O/c1-16(2)19-9-5-6-10-21(19)30-22(17(3)4)25(32)29-18-8-7-13-31(14-18)24-20-11-12-26-23(20)27-15-28-24/h5-6,9-12,15-18,22,30H,7-8,13-14H2,1-4H3,(H,29,32)(H,26,27,28)/t18-,22-/m1/s1. The summed E-state index contributed by atoms with van der Waals surface area (Å²) in [4.78, 5) is 27.6. The number of carbonyl (C=O) groups excluding carboxylic acids is 1. The molecule has 1 saturated heterocycles. The van der Waals surface area contributed by atoms with Gasteiger partial charge >= 0.3 is 0 Å². The fourth-order valence-electron chi connectivity index (χ4n) is 4.52. The van der Waals surface area contributed by atoms with Crippen molar-refractivity contribution in [2.45, 2.75) is 58.5 Å². The van der Waals surface area contributed by atoms with E-state index in [1.165, 1.54) is 5.56 Å². The van der Waals surface area contributed by atoms with E-state index in [2.05, 4.69) is 76.4 Å². The van der Waals surface area contributed by atoms with Crippen LogP contribution in [-0.4, -0.2) is 46.0 Å². The second kappa shape index (κ2) is 9.59. The maximum Gasteiger partial charge on any atom is 0.243 e. The minimum absolute atomic E-state index is 0.0555. The molecule has 1 aliphatic rings. The van der Waals surface area contributed by atoms with Crippen LogP contribution >= 0.6 is 0 Å². The molecule has 0 bridgehead atoms. The molecule has 7 nitrogen and oxygen atoms in total. The molecular weight excluding hydrogens is 400 g/mol. The van der Waals surface area contributed by atoms with Crippen LogP contribution in [0.5, 0.6) is 0 Å². The molecule has 170 valence electrons. The highest BCUT2D eigenvalue weighted by Gasteiger charge is 2.28. The number of carbonyl (C=O) groups is 1. The summed E-state index contributed by atoms with van der Waals surface area (Å²) in [6, 6.07) is 10.1. The van der Waals surface area contributed by atoms with Crippen LogP contribution < -0.4 is 15.5 Å². The molecule has 1 aliphatic heterocycles. The molecule has 3 heterocycles. The maximum absolute atomic E-state index is 13.3. The first-order valence-electron chi connectivity index (χ1n) is 11.6. The van der Waals surface area contributed by atoms with E-state index in [4.69, 9.17) is 0 Å². The predicted octanol–water partition coefficient (Wildman–Crippen LogP) is 4.30. The lowest BCUT2D eigenvalue weighted by Gasteiger charge is -2.35. The van der Waals surface area contributed by atoms with Crippen molar-refractivity contribution >= 4 is 28.4 Å². The number of nitrogens with zero attached hydrogens (tertiary/aromatic N) is 3. The largest absolute Gasteiger partial charge is 0.373 e. The van der Waals surface area contributed by atoms with Crippen LogP contribution in [0.15, 0.2) is 42.9 Å². The molecule has 3 aromatic rings. The van der Waals surface area contributed by atoms with Gasteiger partial charge in [0, 0.05) is 31.0 Å². The van der Waals surface area contributed by atoms with Gasteiger partial charge in [-0.2, -0.15) is 0 Å². The van der Waals surface area contributed by atoms with Crippen LogP contribution in [0, 0.1) is 5.92 Å². The Morgan fingerprint density at radius 2 is 1.97 bits per heavy atom. The smallest absolute Gasteiger partial charge is 0.243 e. The molecule has 0 radical (unpaired) electrons. The van der Waals surface area contributed by atoms with Gasteiger partial charge in [0.15, 0.2) is 0 Å². The normalized spacial score (nSPS) is 17.7. The Hall–Kier alpha value is -3.09. The number of amides is 1. The second-order valence-corrected chi connectivity index (χ2v) is 9.34. The van der Waals surface area contributed by atoms with Gasteiger partial charge in [0.25, 0.3) is 0 Å². The number of aromatic amines is 1. The summed E-state index contributed by atoms with van der Waals surface area (Å²) in [5.74, 6) is 1.54. The average molecular weight is 435 g/mol. The first kappa shape index (κ1) is 22.1. The van der Waals surface area contributed by atoms with Crippen molar-refractivity contribution in [3.05, 3.63) is 48.4 Å². The van der Waals surface area contributed by atoms with E-state index in [0.29, 0.717) is 5.92 Å². The molecule has 1 aromatic carbocycles. The molecule has 3 N–H and O–H groups in total. The van der Waals surface area contributed by atoms with Gasteiger partial charge in [-0.3, -0.25) is 4.79 Å². The molecule has 0 saturated carbocycles. The summed E-state index contributed by atoms with van der Waals surface area (Å²) in [7, 11) is 0. The number of anilines is 2. The molecule has 2 atom stereocenters. The predicted molar refractivity (Wildman–Crippen MR) is 130 cm³/mol. The van der Waals surface area contributed by atoms with Crippen molar-refractivity contribution in [1.82, 2.24) is 20.3 Å². The Balaban J connectivity index is 1.46. The van der Waals surface area contributed by atoms with Crippen molar-refractivity contribution in [3.63, 3.8) is 0 Å². The van der Waals surface area contributed by atoms with Gasteiger partial charge in [0.1, 0.15) is 23.8 Å². The number of hydrogen-bond acceptors (Lipinski definition) is 5. The van der Waals surface area contributed by atoms with E-state index in [0.717, 1.165) is 48.5 Å². The van der Waals surface area contributed by atoms with Gasteiger partial charge in [0.2, 0.25) is 5.91 Å². The number of rotatable bonds is 7. The fraction of sp³-hybridized carbons (Fsp3) is 0.480. The molecule has 32 heavy (non-hydrogen) atoms. The minimum atomic E-state index is -0.291. The number of nitrogens with one attached hydrogen (secondary N) is 3. The first-order chi connectivity index (χ1) is 15.4. The molecular formula is C25H34N6O. The Labute approximate surface area is 190 Å². The monoisotopic (exact) mass is 434 g/mol. The van der Waals surface area contributed by atoms with E-state index < -0.39 is 0 Å². The van der Waals surface area contributed by atoms with E-state index in [1.807, 2.05) is 18.3 Å². The van der Waals surface area contributed by atoms with Crippen molar-refractivity contribution in [2.24, 2.45) is 5.92 Å². The summed E-state index contributed by atoms with van der Waals surface area (Å²) in [6.07, 6.45) is 5.47. The molecule has 4 rings (SSSR count). The minimum Gasteiger partial charge on any atom is -0.373 e. The number of piperidine rings is 1. The lowest BCUT2D eigenvalue weighted by molar-refractivity contribution is -0.123. The van der Waals surface area contributed by atoms with Crippen LogP contribution in [0.3, 0.4) is 0 Å². The van der Waals surface area contributed by atoms with Gasteiger partial charge in [-0.05, 0) is 42.4 Å². The number of hydrogen-bond donors (Lipinski definition) is 3. The van der Waals surface area contributed by atoms with E-state index in [1.54, 1.807) is 6.33 Å². The summed E-state index contributed by atoms with van der Waals surface area (Å²) in [5, 5.41) is 7.87.